The van der Waals surface area contributed by atoms with Crippen molar-refractivity contribution in [2.75, 3.05) is 0 Å². The van der Waals surface area contributed by atoms with Crippen molar-refractivity contribution in [1.29, 1.82) is 0 Å². The van der Waals surface area contributed by atoms with Crippen LogP contribution in [0.5, 0.6) is 0 Å². The largest absolute Gasteiger partial charge is 0.229 e. The number of rotatable bonds is 6. The average molecular weight is 292 g/mol. The fourth-order valence-corrected chi connectivity index (χ4v) is 2.19. The van der Waals surface area contributed by atoms with Crippen LogP contribution in [-0.2, 0) is 12.8 Å². The van der Waals surface area contributed by atoms with Gasteiger partial charge in [-0.15, -0.1) is 0 Å². The first-order chi connectivity index (χ1) is 10.8. The Morgan fingerprint density at radius 3 is 1.95 bits per heavy atom. The Morgan fingerprint density at radius 1 is 0.773 bits per heavy atom. The van der Waals surface area contributed by atoms with E-state index in [9.17, 15) is 0 Å². The zero-order chi connectivity index (χ0) is 15.6. The van der Waals surface area contributed by atoms with Crippen LogP contribution < -0.4 is 0 Å². The lowest BCUT2D eigenvalue weighted by atomic mass is 10.1. The molecule has 2 rings (SSSR count). The Kier molecular flexibility index (Phi) is 6.64. The summed E-state index contributed by atoms with van der Waals surface area (Å²) in [6, 6.07) is 8.48. The molecule has 0 N–H and O–H groups in total. The zero-order valence-electron chi connectivity index (χ0n) is 13.6. The van der Waals surface area contributed by atoms with Crippen LogP contribution in [0.1, 0.15) is 62.0 Å². The lowest BCUT2D eigenvalue weighted by Gasteiger charge is -1.99. The van der Waals surface area contributed by atoms with Gasteiger partial charge in [-0.1, -0.05) is 44.7 Å². The molecule has 0 aliphatic rings. The second-order valence-electron chi connectivity index (χ2n) is 5.57. The summed E-state index contributed by atoms with van der Waals surface area (Å²) >= 11 is 0. The van der Waals surface area contributed by atoms with Crippen molar-refractivity contribution in [2.45, 2.75) is 52.4 Å². The van der Waals surface area contributed by atoms with Gasteiger partial charge in [-0.2, -0.15) is 0 Å². The third-order valence-electron chi connectivity index (χ3n) is 3.62. The second kappa shape index (κ2) is 9.00. The second-order valence-corrected chi connectivity index (χ2v) is 5.57. The van der Waals surface area contributed by atoms with Crippen LogP contribution in [0.15, 0.2) is 36.7 Å². The first-order valence-corrected chi connectivity index (χ1v) is 8.23. The fourth-order valence-electron chi connectivity index (χ4n) is 2.19. The molecule has 2 heteroatoms. The van der Waals surface area contributed by atoms with Gasteiger partial charge in [0.05, 0.1) is 0 Å². The highest BCUT2D eigenvalue weighted by Gasteiger charge is 1.96. The number of unbranched alkanes of at least 4 members (excludes halogenated alkanes) is 2. The van der Waals surface area contributed by atoms with E-state index in [0.29, 0.717) is 5.82 Å². The molecule has 1 heterocycles. The number of aryl methyl sites for hydroxylation is 2. The maximum atomic E-state index is 4.32. The Bertz CT molecular complexity index is 560. The minimum absolute atomic E-state index is 0.593. The monoisotopic (exact) mass is 292 g/mol. The summed E-state index contributed by atoms with van der Waals surface area (Å²) < 4.78 is 0. The lowest BCUT2D eigenvalue weighted by molar-refractivity contribution is 0.787. The van der Waals surface area contributed by atoms with Gasteiger partial charge in [0.15, 0.2) is 0 Å². The molecule has 0 saturated carbocycles. The molecular formula is C20H24N2. The molecule has 0 spiro atoms. The van der Waals surface area contributed by atoms with Gasteiger partial charge in [0, 0.05) is 18.0 Å². The van der Waals surface area contributed by atoms with Crippen molar-refractivity contribution < 1.29 is 0 Å². The smallest absolute Gasteiger partial charge is 0.205 e. The van der Waals surface area contributed by atoms with Gasteiger partial charge in [0.25, 0.3) is 0 Å². The predicted molar refractivity (Wildman–Crippen MR) is 91.7 cm³/mol. The first kappa shape index (κ1) is 16.2. The molecule has 0 radical (unpaired) electrons. The van der Waals surface area contributed by atoms with Crippen LogP contribution in [0.2, 0.25) is 0 Å². The van der Waals surface area contributed by atoms with E-state index in [0.717, 1.165) is 18.4 Å². The molecule has 2 aromatic rings. The molecular weight excluding hydrogens is 268 g/mol. The maximum absolute atomic E-state index is 4.32. The van der Waals surface area contributed by atoms with Crippen molar-refractivity contribution in [2.24, 2.45) is 0 Å². The molecule has 0 amide bonds. The third kappa shape index (κ3) is 5.33. The van der Waals surface area contributed by atoms with Crippen molar-refractivity contribution in [3.05, 3.63) is 59.2 Å². The van der Waals surface area contributed by atoms with Crippen LogP contribution in [0.25, 0.3) is 0 Å². The number of aromatic nitrogens is 2. The molecule has 114 valence electrons. The van der Waals surface area contributed by atoms with E-state index in [4.69, 9.17) is 0 Å². The van der Waals surface area contributed by atoms with E-state index in [-0.39, 0.29) is 0 Å². The van der Waals surface area contributed by atoms with E-state index < -0.39 is 0 Å². The molecule has 0 unspecified atom stereocenters. The number of hydrogen-bond donors (Lipinski definition) is 0. The van der Waals surface area contributed by atoms with Gasteiger partial charge in [-0.05, 0) is 54.9 Å². The Labute approximate surface area is 134 Å². The molecule has 22 heavy (non-hydrogen) atoms. The van der Waals surface area contributed by atoms with E-state index in [1.165, 1.54) is 36.8 Å². The zero-order valence-corrected chi connectivity index (χ0v) is 13.6. The highest BCUT2D eigenvalue weighted by molar-refractivity contribution is 5.39. The molecule has 1 aromatic carbocycles. The molecule has 0 aliphatic heterocycles. The minimum Gasteiger partial charge on any atom is -0.229 e. The van der Waals surface area contributed by atoms with Crippen molar-refractivity contribution in [1.82, 2.24) is 9.97 Å². The highest BCUT2D eigenvalue weighted by Crippen LogP contribution is 2.07. The van der Waals surface area contributed by atoms with Crippen LogP contribution in [0.4, 0.5) is 0 Å². The molecule has 0 fully saturated rings. The van der Waals surface area contributed by atoms with Gasteiger partial charge in [0.1, 0.15) is 0 Å². The highest BCUT2D eigenvalue weighted by atomic mass is 14.8. The molecule has 0 saturated heterocycles. The number of nitrogens with zero attached hydrogens (tertiary/aromatic N) is 2. The van der Waals surface area contributed by atoms with Crippen molar-refractivity contribution >= 4 is 0 Å². The van der Waals surface area contributed by atoms with Crippen LogP contribution in [0.3, 0.4) is 0 Å². The number of benzene rings is 1. The molecule has 2 nitrogen and oxygen atoms in total. The topological polar surface area (TPSA) is 25.8 Å². The summed E-state index contributed by atoms with van der Waals surface area (Å²) in [5.74, 6) is 6.76. The first-order valence-electron chi connectivity index (χ1n) is 8.23. The quantitative estimate of drug-likeness (QED) is 0.729. The molecule has 1 aromatic heterocycles. The molecule has 0 bridgehead atoms. The lowest BCUT2D eigenvalue weighted by Crippen LogP contribution is -1.92. The van der Waals surface area contributed by atoms with Gasteiger partial charge < -0.3 is 0 Å². The minimum atomic E-state index is 0.593. The van der Waals surface area contributed by atoms with E-state index in [2.05, 4.69) is 59.9 Å². The Morgan fingerprint density at radius 2 is 1.36 bits per heavy atom. The van der Waals surface area contributed by atoms with E-state index in [1.807, 2.05) is 12.4 Å². The van der Waals surface area contributed by atoms with Gasteiger partial charge >= 0.3 is 0 Å². The normalized spacial score (nSPS) is 10.1. The van der Waals surface area contributed by atoms with Crippen molar-refractivity contribution in [3.8, 4) is 11.8 Å². The van der Waals surface area contributed by atoms with Gasteiger partial charge in [-0.25, -0.2) is 9.97 Å². The summed E-state index contributed by atoms with van der Waals surface area (Å²) in [5.41, 5.74) is 3.58. The molecule has 0 aliphatic carbocycles. The van der Waals surface area contributed by atoms with Crippen LogP contribution in [-0.4, -0.2) is 9.97 Å². The third-order valence-corrected chi connectivity index (χ3v) is 3.62. The number of hydrogen-bond acceptors (Lipinski definition) is 2. The predicted octanol–water partition coefficient (Wildman–Crippen LogP) is 4.56. The maximum Gasteiger partial charge on any atom is 0.205 e. The SMILES string of the molecule is CCCCc1ccc(C#Cc2ncc(CCCC)cn2)cc1. The summed E-state index contributed by atoms with van der Waals surface area (Å²) in [7, 11) is 0. The fraction of sp³-hybridized carbons (Fsp3) is 0.400. The van der Waals surface area contributed by atoms with Crippen LogP contribution >= 0.6 is 0 Å². The standard InChI is InChI=1S/C20H24N2/c1-3-5-7-17-9-11-18(12-10-17)13-14-20-21-15-19(16-22-20)8-6-4-2/h9-12,15-16H,3-8H2,1-2H3. The Hall–Kier alpha value is -2.14. The summed E-state index contributed by atoms with van der Waals surface area (Å²) in [5, 5.41) is 0. The summed E-state index contributed by atoms with van der Waals surface area (Å²) in [6.07, 6.45) is 10.8. The van der Waals surface area contributed by atoms with Crippen LogP contribution in [0, 0.1) is 11.8 Å². The van der Waals surface area contributed by atoms with Gasteiger partial charge in [-0.3, -0.25) is 0 Å². The van der Waals surface area contributed by atoms with Crippen molar-refractivity contribution in [3.63, 3.8) is 0 Å². The summed E-state index contributed by atoms with van der Waals surface area (Å²) in [6.45, 7) is 4.40. The Balaban J connectivity index is 1.97. The summed E-state index contributed by atoms with van der Waals surface area (Å²) in [4.78, 5) is 8.64. The van der Waals surface area contributed by atoms with E-state index >= 15 is 0 Å². The average Bonchev–Trinajstić information content (AvgIpc) is 2.58. The van der Waals surface area contributed by atoms with E-state index in [1.54, 1.807) is 0 Å². The molecule has 0 atom stereocenters. The van der Waals surface area contributed by atoms with Gasteiger partial charge in [0.2, 0.25) is 5.82 Å².